The zero-order chi connectivity index (χ0) is 11.6. The van der Waals surface area contributed by atoms with Gasteiger partial charge >= 0.3 is 0 Å². The zero-order valence-electron chi connectivity index (χ0n) is 9.59. The van der Waals surface area contributed by atoms with Crippen LogP contribution in [0.15, 0.2) is 42.7 Å². The van der Waals surface area contributed by atoms with Gasteiger partial charge in [0.1, 0.15) is 0 Å². The van der Waals surface area contributed by atoms with Gasteiger partial charge < -0.3 is 5.11 Å². The van der Waals surface area contributed by atoms with Gasteiger partial charge in [0.25, 0.3) is 0 Å². The van der Waals surface area contributed by atoms with Gasteiger partial charge in [-0.1, -0.05) is 32.0 Å². The Kier molecular flexibility index (Phi) is 2.79. The Hall–Kier alpha value is -1.61. The van der Waals surface area contributed by atoms with Crippen LogP contribution in [0.2, 0.25) is 0 Å². The molecule has 0 amide bonds. The molecule has 1 heterocycles. The lowest BCUT2D eigenvalue weighted by molar-refractivity contribution is 0.218. The second-order valence-electron chi connectivity index (χ2n) is 4.55. The average molecular weight is 216 g/mol. The van der Waals surface area contributed by atoms with E-state index in [0.717, 1.165) is 11.3 Å². The lowest BCUT2D eigenvalue weighted by Gasteiger charge is -2.19. The summed E-state index contributed by atoms with van der Waals surface area (Å²) in [5, 5.41) is 13.6. The molecular formula is C13H16N2O. The normalized spacial score (nSPS) is 11.7. The van der Waals surface area contributed by atoms with Gasteiger partial charge in [-0.15, -0.1) is 0 Å². The predicted octanol–water partition coefficient (Wildman–Crippen LogP) is 2.14. The van der Waals surface area contributed by atoms with Gasteiger partial charge in [-0.3, -0.25) is 0 Å². The molecule has 3 nitrogen and oxygen atoms in total. The van der Waals surface area contributed by atoms with Crippen LogP contribution in [0.3, 0.4) is 0 Å². The van der Waals surface area contributed by atoms with Crippen molar-refractivity contribution in [2.24, 2.45) is 0 Å². The van der Waals surface area contributed by atoms with Crippen molar-refractivity contribution < 1.29 is 5.11 Å². The number of aromatic nitrogens is 2. The molecule has 3 heteroatoms. The van der Waals surface area contributed by atoms with Crippen molar-refractivity contribution >= 4 is 0 Å². The summed E-state index contributed by atoms with van der Waals surface area (Å²) in [5.74, 6) is 0. The molecule has 0 atom stereocenters. The van der Waals surface area contributed by atoms with Crippen LogP contribution < -0.4 is 0 Å². The van der Waals surface area contributed by atoms with Crippen LogP contribution in [-0.4, -0.2) is 21.5 Å². The number of hydrogen-bond acceptors (Lipinski definition) is 2. The van der Waals surface area contributed by atoms with Gasteiger partial charge in [-0.25, -0.2) is 4.68 Å². The van der Waals surface area contributed by atoms with Crippen molar-refractivity contribution in [1.29, 1.82) is 0 Å². The van der Waals surface area contributed by atoms with Crippen LogP contribution in [0.4, 0.5) is 0 Å². The summed E-state index contributed by atoms with van der Waals surface area (Å²) in [7, 11) is 0. The standard InChI is InChI=1S/C13H16N2O/c1-13(2,10-16)11-8-14-15(9-11)12-6-4-3-5-7-12/h3-9,16H,10H2,1-2H3. The smallest absolute Gasteiger partial charge is 0.0645 e. The maximum atomic E-state index is 9.29. The summed E-state index contributed by atoms with van der Waals surface area (Å²) in [6.45, 7) is 4.12. The lowest BCUT2D eigenvalue weighted by Crippen LogP contribution is -2.21. The monoisotopic (exact) mass is 216 g/mol. The van der Waals surface area contributed by atoms with Crippen LogP contribution in [0, 0.1) is 0 Å². The van der Waals surface area contributed by atoms with Gasteiger partial charge in [-0.05, 0) is 17.7 Å². The number of hydrogen-bond donors (Lipinski definition) is 1. The van der Waals surface area contributed by atoms with E-state index >= 15 is 0 Å². The van der Waals surface area contributed by atoms with Gasteiger partial charge in [0, 0.05) is 11.6 Å². The van der Waals surface area contributed by atoms with Gasteiger partial charge in [0.05, 0.1) is 18.5 Å². The molecule has 1 aromatic heterocycles. The van der Waals surface area contributed by atoms with Gasteiger partial charge in [0.2, 0.25) is 0 Å². The first-order valence-electron chi connectivity index (χ1n) is 5.35. The highest BCUT2D eigenvalue weighted by Crippen LogP contribution is 2.22. The minimum absolute atomic E-state index is 0.119. The second kappa shape index (κ2) is 4.10. The van der Waals surface area contributed by atoms with Crippen LogP contribution in [0.5, 0.6) is 0 Å². The molecule has 0 saturated heterocycles. The molecule has 0 radical (unpaired) electrons. The molecule has 0 saturated carbocycles. The number of para-hydroxylation sites is 1. The van der Waals surface area contributed by atoms with Crippen molar-refractivity contribution in [3.05, 3.63) is 48.3 Å². The Balaban J connectivity index is 2.34. The Morgan fingerprint density at radius 2 is 1.94 bits per heavy atom. The van der Waals surface area contributed by atoms with Gasteiger partial charge in [-0.2, -0.15) is 5.10 Å². The SMILES string of the molecule is CC(C)(CO)c1cnn(-c2ccccc2)c1. The molecule has 1 N–H and O–H groups in total. The molecule has 0 unspecified atom stereocenters. The molecule has 0 aliphatic rings. The van der Waals surface area contributed by atoms with Crippen molar-refractivity contribution in [3.63, 3.8) is 0 Å². The average Bonchev–Trinajstić information content (AvgIpc) is 2.80. The number of aliphatic hydroxyl groups is 1. The summed E-state index contributed by atoms with van der Waals surface area (Å²) < 4.78 is 1.83. The highest BCUT2D eigenvalue weighted by molar-refractivity contribution is 5.32. The highest BCUT2D eigenvalue weighted by atomic mass is 16.3. The van der Waals surface area contributed by atoms with Crippen LogP contribution in [-0.2, 0) is 5.41 Å². The summed E-state index contributed by atoms with van der Waals surface area (Å²) in [6, 6.07) is 9.94. The first-order valence-corrected chi connectivity index (χ1v) is 5.35. The third-order valence-corrected chi connectivity index (χ3v) is 2.78. The minimum atomic E-state index is -0.243. The Morgan fingerprint density at radius 1 is 1.25 bits per heavy atom. The molecule has 0 aliphatic carbocycles. The summed E-state index contributed by atoms with van der Waals surface area (Å²) in [5.41, 5.74) is 1.83. The third kappa shape index (κ3) is 1.99. The first-order chi connectivity index (χ1) is 7.63. The van der Waals surface area contributed by atoms with E-state index in [-0.39, 0.29) is 12.0 Å². The number of aliphatic hydroxyl groups excluding tert-OH is 1. The molecule has 1 aromatic carbocycles. The molecular weight excluding hydrogens is 200 g/mol. The maximum Gasteiger partial charge on any atom is 0.0645 e. The Bertz CT molecular complexity index is 460. The molecule has 2 rings (SSSR count). The van der Waals surface area contributed by atoms with Crippen molar-refractivity contribution in [3.8, 4) is 5.69 Å². The first kappa shape index (κ1) is 10.9. The molecule has 2 aromatic rings. The summed E-state index contributed by atoms with van der Waals surface area (Å²) in [6.07, 6.45) is 3.77. The Labute approximate surface area is 95.3 Å². The molecule has 0 fully saturated rings. The fourth-order valence-electron chi connectivity index (χ4n) is 1.49. The van der Waals surface area contributed by atoms with E-state index in [1.807, 2.05) is 61.3 Å². The number of nitrogens with zero attached hydrogens (tertiary/aromatic N) is 2. The van der Waals surface area contributed by atoms with E-state index in [4.69, 9.17) is 0 Å². The largest absolute Gasteiger partial charge is 0.395 e. The summed E-state index contributed by atoms with van der Waals surface area (Å²) >= 11 is 0. The van der Waals surface area contributed by atoms with Crippen LogP contribution >= 0.6 is 0 Å². The van der Waals surface area contributed by atoms with Gasteiger partial charge in [0.15, 0.2) is 0 Å². The van der Waals surface area contributed by atoms with Crippen molar-refractivity contribution in [1.82, 2.24) is 9.78 Å². The molecule has 0 aliphatic heterocycles. The highest BCUT2D eigenvalue weighted by Gasteiger charge is 2.21. The number of rotatable bonds is 3. The van der Waals surface area contributed by atoms with E-state index in [1.54, 1.807) is 0 Å². The van der Waals surface area contributed by atoms with Crippen molar-refractivity contribution in [2.45, 2.75) is 19.3 Å². The van der Waals surface area contributed by atoms with E-state index in [1.165, 1.54) is 0 Å². The quantitative estimate of drug-likeness (QED) is 0.853. The fraction of sp³-hybridized carbons (Fsp3) is 0.308. The van der Waals surface area contributed by atoms with E-state index in [9.17, 15) is 5.11 Å². The zero-order valence-corrected chi connectivity index (χ0v) is 9.59. The summed E-state index contributed by atoms with van der Waals surface area (Å²) in [4.78, 5) is 0. The molecule has 0 spiro atoms. The second-order valence-corrected chi connectivity index (χ2v) is 4.55. The van der Waals surface area contributed by atoms with Crippen LogP contribution in [0.1, 0.15) is 19.4 Å². The van der Waals surface area contributed by atoms with E-state index in [2.05, 4.69) is 5.10 Å². The molecule has 0 bridgehead atoms. The Morgan fingerprint density at radius 3 is 2.56 bits per heavy atom. The van der Waals surface area contributed by atoms with Crippen molar-refractivity contribution in [2.75, 3.05) is 6.61 Å². The topological polar surface area (TPSA) is 38.1 Å². The van der Waals surface area contributed by atoms with Crippen LogP contribution in [0.25, 0.3) is 5.69 Å². The molecule has 84 valence electrons. The maximum absolute atomic E-state index is 9.29. The molecule has 16 heavy (non-hydrogen) atoms. The fourth-order valence-corrected chi connectivity index (χ4v) is 1.49. The lowest BCUT2D eigenvalue weighted by atomic mass is 9.88. The van der Waals surface area contributed by atoms with E-state index in [0.29, 0.717) is 0 Å². The predicted molar refractivity (Wildman–Crippen MR) is 63.7 cm³/mol. The number of benzene rings is 1. The van der Waals surface area contributed by atoms with E-state index < -0.39 is 0 Å². The third-order valence-electron chi connectivity index (χ3n) is 2.78. The minimum Gasteiger partial charge on any atom is -0.395 e.